The molecule has 0 aromatic heterocycles. The van der Waals surface area contributed by atoms with Crippen LogP contribution in [0.1, 0.15) is 147 Å². The van der Waals surface area contributed by atoms with Crippen LogP contribution in [0, 0.1) is 0 Å². The quantitative estimate of drug-likeness (QED) is 0.0365. The highest BCUT2D eigenvalue weighted by Crippen LogP contribution is 2.26. The van der Waals surface area contributed by atoms with Crippen LogP contribution < -0.4 is 15.4 Å². The number of esters is 2. The molecule has 0 aliphatic rings. The molecule has 0 aliphatic carbocycles. The number of carbonyl (C=O) groups is 4. The molecule has 2 N–H and O–H groups in total. The average molecular weight is 715 g/mol. The summed E-state index contributed by atoms with van der Waals surface area (Å²) in [6.45, 7) is 2.90. The van der Waals surface area contributed by atoms with E-state index in [1.54, 1.807) is 60.7 Å². The second kappa shape index (κ2) is 24.5. The number of Topliss-reactive ketones (excluding diaryl/α,β-unsaturated/α-hetero) is 1. The third kappa shape index (κ3) is 15.7. The van der Waals surface area contributed by atoms with Crippen molar-refractivity contribution < 1.29 is 33.4 Å². The minimum Gasteiger partial charge on any atom is -0.494 e. The summed E-state index contributed by atoms with van der Waals surface area (Å²) >= 11 is 0. The van der Waals surface area contributed by atoms with Crippen LogP contribution in [-0.4, -0.2) is 44.5 Å². The highest BCUT2D eigenvalue weighted by Gasteiger charge is 2.17. The molecule has 0 radical (unpaired) electrons. The summed E-state index contributed by atoms with van der Waals surface area (Å²) in [7, 11) is 2.55. The Morgan fingerprint density at radius 3 is 1.73 bits per heavy atom. The molecule has 1 amide bonds. The van der Waals surface area contributed by atoms with Gasteiger partial charge in [-0.05, 0) is 67.1 Å². The zero-order valence-corrected chi connectivity index (χ0v) is 31.4. The van der Waals surface area contributed by atoms with Crippen LogP contribution in [0.2, 0.25) is 0 Å². The molecule has 0 atom stereocenters. The maximum Gasteiger partial charge on any atom is 0.340 e. The van der Waals surface area contributed by atoms with Gasteiger partial charge in [0.1, 0.15) is 5.75 Å². The normalized spacial score (nSPS) is 10.8. The van der Waals surface area contributed by atoms with E-state index < -0.39 is 17.8 Å². The second-order valence-corrected chi connectivity index (χ2v) is 13.3. The Balaban J connectivity index is 1.33. The van der Waals surface area contributed by atoms with Gasteiger partial charge in [-0.15, -0.1) is 0 Å². The molecule has 0 fully saturated rings. The number of anilines is 3. The lowest BCUT2D eigenvalue weighted by Gasteiger charge is -2.14. The van der Waals surface area contributed by atoms with Gasteiger partial charge in [-0.3, -0.25) is 9.59 Å². The van der Waals surface area contributed by atoms with Crippen molar-refractivity contribution in [2.45, 2.75) is 116 Å². The van der Waals surface area contributed by atoms with Crippen LogP contribution in [0.3, 0.4) is 0 Å². The Bertz CT molecular complexity index is 1540. The third-order valence-corrected chi connectivity index (χ3v) is 9.04. The van der Waals surface area contributed by atoms with Crippen molar-refractivity contribution in [3.8, 4) is 5.75 Å². The fourth-order valence-electron chi connectivity index (χ4n) is 6.04. The van der Waals surface area contributed by atoms with Crippen molar-refractivity contribution in [2.24, 2.45) is 0 Å². The van der Waals surface area contributed by atoms with E-state index in [1.165, 1.54) is 110 Å². The summed E-state index contributed by atoms with van der Waals surface area (Å²) in [5, 5.41) is 5.79. The van der Waals surface area contributed by atoms with E-state index in [4.69, 9.17) is 14.2 Å². The summed E-state index contributed by atoms with van der Waals surface area (Å²) < 4.78 is 15.6. The van der Waals surface area contributed by atoms with Crippen LogP contribution in [0.15, 0.2) is 66.7 Å². The van der Waals surface area contributed by atoms with E-state index in [1.807, 2.05) is 0 Å². The van der Waals surface area contributed by atoms with E-state index in [2.05, 4.69) is 17.6 Å². The van der Waals surface area contributed by atoms with Crippen LogP contribution >= 0.6 is 0 Å². The second-order valence-electron chi connectivity index (χ2n) is 13.3. The summed E-state index contributed by atoms with van der Waals surface area (Å²) in [6.07, 6.45) is 20.9. The van der Waals surface area contributed by atoms with Crippen molar-refractivity contribution in [2.75, 3.05) is 31.5 Å². The van der Waals surface area contributed by atoms with Gasteiger partial charge in [-0.1, -0.05) is 109 Å². The molecule has 0 unspecified atom stereocenters. The van der Waals surface area contributed by atoms with Gasteiger partial charge < -0.3 is 24.8 Å². The molecule has 3 aromatic carbocycles. The van der Waals surface area contributed by atoms with Gasteiger partial charge in [0.15, 0.2) is 5.78 Å². The third-order valence-electron chi connectivity index (χ3n) is 9.04. The van der Waals surface area contributed by atoms with Gasteiger partial charge >= 0.3 is 11.9 Å². The fourth-order valence-corrected chi connectivity index (χ4v) is 6.04. The SMILES string of the molecule is CCCCCCCCCCCCCCCCCCOc1ccc(C(=O)CC(=O)Nc2ccc(Nc3cccc(C(=O)OC)c3)c(C(=O)OC)c2)cc1. The number of hydrogen-bond donors (Lipinski definition) is 2. The smallest absolute Gasteiger partial charge is 0.340 e. The first-order valence-corrected chi connectivity index (χ1v) is 19.1. The summed E-state index contributed by atoms with van der Waals surface area (Å²) in [5.41, 5.74) is 2.18. The van der Waals surface area contributed by atoms with Crippen molar-refractivity contribution in [3.63, 3.8) is 0 Å². The first kappa shape index (κ1) is 41.8. The van der Waals surface area contributed by atoms with E-state index in [0.717, 1.165) is 12.8 Å². The molecular weight excluding hydrogens is 656 g/mol. The predicted molar refractivity (Wildman–Crippen MR) is 208 cm³/mol. The highest BCUT2D eigenvalue weighted by atomic mass is 16.5. The highest BCUT2D eigenvalue weighted by molar-refractivity contribution is 6.11. The van der Waals surface area contributed by atoms with Crippen molar-refractivity contribution in [1.29, 1.82) is 0 Å². The number of nitrogens with one attached hydrogen (secondary N) is 2. The topological polar surface area (TPSA) is 120 Å². The van der Waals surface area contributed by atoms with E-state index in [0.29, 0.717) is 40.5 Å². The molecule has 0 spiro atoms. The van der Waals surface area contributed by atoms with Gasteiger partial charge in [0, 0.05) is 16.9 Å². The lowest BCUT2D eigenvalue weighted by molar-refractivity contribution is -0.115. The molecule has 9 nitrogen and oxygen atoms in total. The summed E-state index contributed by atoms with van der Waals surface area (Å²) in [4.78, 5) is 50.1. The van der Waals surface area contributed by atoms with Gasteiger partial charge in [0.05, 0.1) is 44.1 Å². The van der Waals surface area contributed by atoms with Crippen LogP contribution in [0.4, 0.5) is 17.1 Å². The van der Waals surface area contributed by atoms with Crippen LogP contribution in [-0.2, 0) is 14.3 Å². The molecule has 0 bridgehead atoms. The van der Waals surface area contributed by atoms with Gasteiger partial charge in [-0.25, -0.2) is 9.59 Å². The Hall–Kier alpha value is -4.66. The Morgan fingerprint density at radius 2 is 1.15 bits per heavy atom. The number of ether oxygens (including phenoxy) is 3. The standard InChI is InChI=1S/C43H58N2O7/c1-4-5-6-7-8-9-10-11-12-13-14-15-16-17-18-19-29-52-37-26-23-33(24-27-37)40(46)32-41(47)45-36-25-28-39(38(31-36)43(49)51-3)44-35-22-20-21-34(30-35)42(48)50-2/h20-28,30-31,44H,4-19,29,32H2,1-3H3,(H,45,47). The predicted octanol–water partition coefficient (Wildman–Crippen LogP) is 10.9. The molecule has 282 valence electrons. The molecule has 0 saturated carbocycles. The number of methoxy groups -OCH3 is 2. The zero-order chi connectivity index (χ0) is 37.4. The first-order chi connectivity index (χ1) is 25.3. The molecule has 3 rings (SSSR count). The number of unbranched alkanes of at least 4 members (excludes halogenated alkanes) is 15. The molecule has 0 heterocycles. The van der Waals surface area contributed by atoms with Crippen molar-refractivity contribution in [1.82, 2.24) is 0 Å². The van der Waals surface area contributed by atoms with Crippen LogP contribution in [0.5, 0.6) is 5.75 Å². The van der Waals surface area contributed by atoms with Crippen LogP contribution in [0.25, 0.3) is 0 Å². The molecular formula is C43H58N2O7. The maximum atomic E-state index is 12.8. The largest absolute Gasteiger partial charge is 0.494 e. The number of benzene rings is 3. The van der Waals surface area contributed by atoms with Gasteiger partial charge in [0.25, 0.3) is 0 Å². The van der Waals surface area contributed by atoms with Crippen molar-refractivity contribution in [3.05, 3.63) is 83.4 Å². The summed E-state index contributed by atoms with van der Waals surface area (Å²) in [6, 6.07) is 18.1. The Kier molecular flexibility index (Phi) is 19.7. The van der Waals surface area contributed by atoms with E-state index in [-0.39, 0.29) is 17.8 Å². The minimum atomic E-state index is -0.629. The van der Waals surface area contributed by atoms with Crippen molar-refractivity contribution >= 4 is 40.7 Å². The van der Waals surface area contributed by atoms with E-state index >= 15 is 0 Å². The Labute approximate surface area is 310 Å². The molecule has 0 saturated heterocycles. The fraction of sp³-hybridized carbons (Fsp3) is 0.488. The number of amides is 1. The lowest BCUT2D eigenvalue weighted by Crippen LogP contribution is -2.17. The number of rotatable bonds is 26. The number of ketones is 1. The monoisotopic (exact) mass is 714 g/mol. The average Bonchev–Trinajstić information content (AvgIpc) is 3.16. The van der Waals surface area contributed by atoms with E-state index in [9.17, 15) is 19.2 Å². The molecule has 0 aliphatic heterocycles. The number of carbonyl (C=O) groups excluding carboxylic acids is 4. The zero-order valence-electron chi connectivity index (χ0n) is 31.4. The lowest BCUT2D eigenvalue weighted by atomic mass is 10.0. The van der Waals surface area contributed by atoms with Gasteiger partial charge in [-0.2, -0.15) is 0 Å². The molecule has 9 heteroatoms. The van der Waals surface area contributed by atoms with Gasteiger partial charge in [0.2, 0.25) is 5.91 Å². The molecule has 52 heavy (non-hydrogen) atoms. The summed E-state index contributed by atoms with van der Waals surface area (Å²) in [5.74, 6) is -1.27. The first-order valence-electron chi connectivity index (χ1n) is 19.1. The Morgan fingerprint density at radius 1 is 0.577 bits per heavy atom. The number of hydrogen-bond acceptors (Lipinski definition) is 8. The maximum absolute atomic E-state index is 12.8. The molecule has 3 aromatic rings. The minimum absolute atomic E-state index is 0.158.